The molecule has 0 N–H and O–H groups in total. The van der Waals surface area contributed by atoms with E-state index in [0.717, 1.165) is 28.6 Å². The fourth-order valence-electron chi connectivity index (χ4n) is 1.96. The summed E-state index contributed by atoms with van der Waals surface area (Å²) in [7, 11) is 0. The number of rotatable bonds is 5. The lowest BCUT2D eigenvalue weighted by Gasteiger charge is -2.13. The van der Waals surface area contributed by atoms with Crippen LogP contribution in [0.5, 0.6) is 0 Å². The van der Waals surface area contributed by atoms with Crippen molar-refractivity contribution in [2.45, 2.75) is 12.8 Å². The van der Waals surface area contributed by atoms with E-state index in [0.29, 0.717) is 11.8 Å². The summed E-state index contributed by atoms with van der Waals surface area (Å²) < 4.78 is 13.8. The summed E-state index contributed by atoms with van der Waals surface area (Å²) in [6.07, 6.45) is 3.45. The Bertz CT molecular complexity index is 465. The standard InChI is InChI=1S/C15H14BrClFN/c16-13-3-6-15(19-10-13)8-12(9-17)7-11-1-4-14(18)5-2-11/h1-6,10,12H,7-9H2. The van der Waals surface area contributed by atoms with Crippen molar-refractivity contribution >= 4 is 27.5 Å². The molecule has 1 atom stereocenters. The molecule has 1 aromatic carbocycles. The summed E-state index contributed by atoms with van der Waals surface area (Å²) in [6, 6.07) is 10.6. The molecule has 100 valence electrons. The van der Waals surface area contributed by atoms with Crippen LogP contribution in [0, 0.1) is 11.7 Å². The average molecular weight is 343 g/mol. The SMILES string of the molecule is Fc1ccc(CC(CCl)Cc2ccc(Br)cn2)cc1. The molecule has 1 aromatic heterocycles. The Balaban J connectivity index is 2.00. The fourth-order valence-corrected chi connectivity index (χ4v) is 2.41. The Morgan fingerprint density at radius 2 is 1.84 bits per heavy atom. The van der Waals surface area contributed by atoms with Gasteiger partial charge in [-0.3, -0.25) is 4.98 Å². The number of benzene rings is 1. The fraction of sp³-hybridized carbons (Fsp3) is 0.267. The first-order chi connectivity index (χ1) is 9.17. The van der Waals surface area contributed by atoms with Gasteiger partial charge in [-0.2, -0.15) is 0 Å². The van der Waals surface area contributed by atoms with Crippen LogP contribution in [-0.2, 0) is 12.8 Å². The van der Waals surface area contributed by atoms with Crippen LogP contribution < -0.4 is 0 Å². The summed E-state index contributed by atoms with van der Waals surface area (Å²) in [5, 5.41) is 0. The molecule has 2 rings (SSSR count). The molecule has 0 amide bonds. The van der Waals surface area contributed by atoms with E-state index in [1.165, 1.54) is 12.1 Å². The van der Waals surface area contributed by atoms with Crippen molar-refractivity contribution in [2.75, 3.05) is 5.88 Å². The maximum Gasteiger partial charge on any atom is 0.123 e. The quantitative estimate of drug-likeness (QED) is 0.722. The molecular formula is C15H14BrClFN. The van der Waals surface area contributed by atoms with Crippen LogP contribution in [-0.4, -0.2) is 10.9 Å². The van der Waals surface area contributed by atoms with Crippen LogP contribution >= 0.6 is 27.5 Å². The Morgan fingerprint density at radius 1 is 1.11 bits per heavy atom. The zero-order chi connectivity index (χ0) is 13.7. The first-order valence-corrected chi connectivity index (χ1v) is 7.41. The van der Waals surface area contributed by atoms with Gasteiger partial charge in [0.25, 0.3) is 0 Å². The van der Waals surface area contributed by atoms with E-state index in [1.54, 1.807) is 6.20 Å². The summed E-state index contributed by atoms with van der Waals surface area (Å²) in [5.74, 6) is 0.663. The highest BCUT2D eigenvalue weighted by atomic mass is 79.9. The van der Waals surface area contributed by atoms with Gasteiger partial charge in [0.05, 0.1) is 0 Å². The van der Waals surface area contributed by atoms with E-state index in [1.807, 2.05) is 24.3 Å². The molecule has 0 aliphatic carbocycles. The summed E-state index contributed by atoms with van der Waals surface area (Å²) >= 11 is 9.38. The van der Waals surface area contributed by atoms with Gasteiger partial charge in [-0.15, -0.1) is 11.6 Å². The molecule has 0 saturated carbocycles. The first-order valence-electron chi connectivity index (χ1n) is 6.08. The molecule has 0 fully saturated rings. The van der Waals surface area contributed by atoms with Gasteiger partial charge < -0.3 is 0 Å². The minimum absolute atomic E-state index is 0.208. The lowest BCUT2D eigenvalue weighted by atomic mass is 9.96. The van der Waals surface area contributed by atoms with Crippen LogP contribution in [0.1, 0.15) is 11.3 Å². The number of pyridine rings is 1. The number of nitrogens with zero attached hydrogens (tertiary/aromatic N) is 1. The number of alkyl halides is 1. The molecule has 19 heavy (non-hydrogen) atoms. The number of hydrogen-bond acceptors (Lipinski definition) is 1. The highest BCUT2D eigenvalue weighted by molar-refractivity contribution is 9.10. The van der Waals surface area contributed by atoms with Gasteiger partial charge in [0.1, 0.15) is 5.82 Å². The van der Waals surface area contributed by atoms with Gasteiger partial charge in [-0.1, -0.05) is 12.1 Å². The Hall–Kier alpha value is -0.930. The second-order valence-corrected chi connectivity index (χ2v) is 5.75. The first kappa shape index (κ1) is 14.5. The van der Waals surface area contributed by atoms with E-state index < -0.39 is 0 Å². The Morgan fingerprint density at radius 3 is 2.42 bits per heavy atom. The smallest absolute Gasteiger partial charge is 0.123 e. The van der Waals surface area contributed by atoms with E-state index >= 15 is 0 Å². The van der Waals surface area contributed by atoms with Crippen LogP contribution in [0.3, 0.4) is 0 Å². The number of hydrogen-bond donors (Lipinski definition) is 0. The van der Waals surface area contributed by atoms with Crippen molar-refractivity contribution in [1.82, 2.24) is 4.98 Å². The second kappa shape index (κ2) is 7.01. The van der Waals surface area contributed by atoms with Crippen LogP contribution in [0.25, 0.3) is 0 Å². The molecule has 1 unspecified atom stereocenters. The van der Waals surface area contributed by atoms with Gasteiger partial charge in [0.15, 0.2) is 0 Å². The molecule has 0 saturated heterocycles. The molecule has 1 heterocycles. The summed E-state index contributed by atoms with van der Waals surface area (Å²) in [4.78, 5) is 4.36. The van der Waals surface area contributed by atoms with Gasteiger partial charge in [-0.25, -0.2) is 4.39 Å². The van der Waals surface area contributed by atoms with Gasteiger partial charge in [0, 0.05) is 22.2 Å². The zero-order valence-electron chi connectivity index (χ0n) is 10.3. The normalized spacial score (nSPS) is 12.4. The van der Waals surface area contributed by atoms with E-state index in [4.69, 9.17) is 11.6 Å². The van der Waals surface area contributed by atoms with Crippen molar-refractivity contribution < 1.29 is 4.39 Å². The third-order valence-electron chi connectivity index (χ3n) is 2.94. The Kier molecular flexibility index (Phi) is 5.34. The largest absolute Gasteiger partial charge is 0.260 e. The highest BCUT2D eigenvalue weighted by Gasteiger charge is 2.10. The van der Waals surface area contributed by atoms with Gasteiger partial charge in [-0.05, 0) is 64.5 Å². The maximum atomic E-state index is 12.9. The van der Waals surface area contributed by atoms with Crippen molar-refractivity contribution in [2.24, 2.45) is 5.92 Å². The van der Waals surface area contributed by atoms with Crippen LogP contribution in [0.2, 0.25) is 0 Å². The molecule has 4 heteroatoms. The average Bonchev–Trinajstić information content (AvgIpc) is 2.43. The highest BCUT2D eigenvalue weighted by Crippen LogP contribution is 2.17. The number of aromatic nitrogens is 1. The second-order valence-electron chi connectivity index (χ2n) is 4.52. The minimum atomic E-state index is -0.208. The summed E-state index contributed by atoms with van der Waals surface area (Å²) in [6.45, 7) is 0. The topological polar surface area (TPSA) is 12.9 Å². The van der Waals surface area contributed by atoms with E-state index in [2.05, 4.69) is 20.9 Å². The van der Waals surface area contributed by atoms with E-state index in [9.17, 15) is 4.39 Å². The molecule has 0 spiro atoms. The molecule has 1 nitrogen and oxygen atoms in total. The minimum Gasteiger partial charge on any atom is -0.260 e. The Labute approximate surface area is 126 Å². The van der Waals surface area contributed by atoms with Gasteiger partial charge in [0.2, 0.25) is 0 Å². The molecule has 2 aromatic rings. The molecule has 0 bridgehead atoms. The molecule has 0 aliphatic heterocycles. The van der Waals surface area contributed by atoms with Crippen molar-refractivity contribution in [3.05, 3.63) is 64.1 Å². The third-order valence-corrected chi connectivity index (χ3v) is 3.85. The number of halogens is 3. The van der Waals surface area contributed by atoms with Crippen LogP contribution in [0.4, 0.5) is 4.39 Å². The summed E-state index contributed by atoms with van der Waals surface area (Å²) in [5.41, 5.74) is 2.13. The lowest BCUT2D eigenvalue weighted by molar-refractivity contribution is 0.573. The monoisotopic (exact) mass is 341 g/mol. The molecule has 0 radical (unpaired) electrons. The van der Waals surface area contributed by atoms with Crippen molar-refractivity contribution in [3.63, 3.8) is 0 Å². The molecular weight excluding hydrogens is 329 g/mol. The maximum absolute atomic E-state index is 12.9. The van der Waals surface area contributed by atoms with Gasteiger partial charge >= 0.3 is 0 Å². The lowest BCUT2D eigenvalue weighted by Crippen LogP contribution is -2.11. The van der Waals surface area contributed by atoms with E-state index in [-0.39, 0.29) is 5.82 Å². The van der Waals surface area contributed by atoms with Crippen molar-refractivity contribution in [3.8, 4) is 0 Å². The van der Waals surface area contributed by atoms with Crippen LogP contribution in [0.15, 0.2) is 47.1 Å². The van der Waals surface area contributed by atoms with Crippen molar-refractivity contribution in [1.29, 1.82) is 0 Å². The molecule has 0 aliphatic rings. The predicted molar refractivity (Wildman–Crippen MR) is 80.0 cm³/mol. The predicted octanol–water partition coefficient (Wildman–Crippen LogP) is 4.62. The third kappa shape index (κ3) is 4.59. The zero-order valence-corrected chi connectivity index (χ0v) is 12.7.